The van der Waals surface area contributed by atoms with Gasteiger partial charge in [-0.05, 0) is 12.8 Å². The molecule has 0 aromatic heterocycles. The first-order valence-electron chi connectivity index (χ1n) is 21.2. The van der Waals surface area contributed by atoms with Crippen LogP contribution in [0, 0.1) is 0 Å². The molecule has 0 fully saturated rings. The summed E-state index contributed by atoms with van der Waals surface area (Å²) in [6, 6.07) is -0.766. The second kappa shape index (κ2) is 37.3. The Morgan fingerprint density at radius 2 is 0.939 bits per heavy atom. The van der Waals surface area contributed by atoms with E-state index in [1.165, 1.54) is 154 Å². The quantitative estimate of drug-likeness (QED) is 0.0366. The zero-order valence-electron chi connectivity index (χ0n) is 32.5. The highest BCUT2D eigenvalue weighted by molar-refractivity contribution is 7.47. The van der Waals surface area contributed by atoms with Gasteiger partial charge in [-0.15, -0.1) is 0 Å². The Morgan fingerprint density at radius 1 is 0.592 bits per heavy atom. The van der Waals surface area contributed by atoms with E-state index in [2.05, 4.69) is 19.2 Å². The van der Waals surface area contributed by atoms with E-state index in [-0.39, 0.29) is 25.7 Å². The van der Waals surface area contributed by atoms with Crippen molar-refractivity contribution in [1.82, 2.24) is 5.32 Å². The summed E-state index contributed by atoms with van der Waals surface area (Å²) < 4.78 is 22.1. The van der Waals surface area contributed by atoms with Gasteiger partial charge >= 0.3 is 7.82 Å². The molecule has 3 atom stereocenters. The number of hydrogen-bond donors (Lipinski definition) is 4. The van der Waals surface area contributed by atoms with Gasteiger partial charge in [-0.2, -0.15) is 0 Å². The first-order valence-corrected chi connectivity index (χ1v) is 22.6. The van der Waals surface area contributed by atoms with Crippen LogP contribution in [0.2, 0.25) is 0 Å². The summed E-state index contributed by atoms with van der Waals surface area (Å²) in [6.07, 6.45) is 38.2. The summed E-state index contributed by atoms with van der Waals surface area (Å²) in [4.78, 5) is 22.7. The van der Waals surface area contributed by atoms with Crippen molar-refractivity contribution >= 4 is 13.7 Å². The summed E-state index contributed by atoms with van der Waals surface area (Å²) >= 11 is 0. The highest BCUT2D eigenvalue weighted by Crippen LogP contribution is 2.43. The number of nitrogens with one attached hydrogen (secondary N) is 1. The molecule has 0 spiro atoms. The molecule has 49 heavy (non-hydrogen) atoms. The fourth-order valence-corrected chi connectivity index (χ4v) is 7.25. The van der Waals surface area contributed by atoms with Crippen molar-refractivity contribution in [3.63, 3.8) is 0 Å². The molecule has 8 nitrogen and oxygen atoms in total. The van der Waals surface area contributed by atoms with E-state index >= 15 is 0 Å². The molecule has 3 unspecified atom stereocenters. The molecular weight excluding hydrogens is 635 g/mol. The number of phosphoric acid groups is 1. The Hall–Kier alpha value is -0.500. The van der Waals surface area contributed by atoms with Crippen LogP contribution in [-0.4, -0.2) is 47.8 Å². The number of carbonyl (C=O) groups is 1. The lowest BCUT2D eigenvalue weighted by Gasteiger charge is -2.25. The van der Waals surface area contributed by atoms with Gasteiger partial charge in [0.25, 0.3) is 0 Å². The van der Waals surface area contributed by atoms with Crippen molar-refractivity contribution in [3.05, 3.63) is 0 Å². The van der Waals surface area contributed by atoms with E-state index in [0.29, 0.717) is 12.8 Å². The number of nitrogens with two attached hydrogens (primary N) is 1. The zero-order chi connectivity index (χ0) is 36.1. The molecule has 0 heterocycles. The highest BCUT2D eigenvalue weighted by atomic mass is 31.2. The third-order valence-corrected chi connectivity index (χ3v) is 10.7. The van der Waals surface area contributed by atoms with Gasteiger partial charge in [0.15, 0.2) is 0 Å². The van der Waals surface area contributed by atoms with Crippen LogP contribution in [-0.2, 0) is 18.4 Å². The normalized spacial score (nSPS) is 14.1. The Labute approximate surface area is 303 Å². The lowest BCUT2D eigenvalue weighted by atomic mass is 10.0. The zero-order valence-corrected chi connectivity index (χ0v) is 33.3. The third-order valence-electron chi connectivity index (χ3n) is 9.71. The van der Waals surface area contributed by atoms with Gasteiger partial charge in [0.2, 0.25) is 5.91 Å². The molecule has 0 aromatic carbocycles. The SMILES string of the molecule is CCCCCCCCCCCCCCCCCCCC(O)C(COP(=O)(O)OCCN)NC(=O)CCCCCCCCCCCCCCC. The average Bonchev–Trinajstić information content (AvgIpc) is 3.09. The van der Waals surface area contributed by atoms with Crippen molar-refractivity contribution in [2.75, 3.05) is 19.8 Å². The second-order valence-electron chi connectivity index (χ2n) is 14.6. The molecule has 1 amide bonds. The molecule has 0 rings (SSSR count). The molecular formula is C40H83N2O6P. The van der Waals surface area contributed by atoms with Crippen LogP contribution in [0.1, 0.15) is 219 Å². The number of aliphatic hydroxyl groups excluding tert-OH is 1. The average molecular weight is 719 g/mol. The topological polar surface area (TPSA) is 131 Å². The molecule has 0 aliphatic rings. The van der Waals surface area contributed by atoms with E-state index in [1.807, 2.05) is 0 Å². The van der Waals surface area contributed by atoms with E-state index in [0.717, 1.165) is 38.5 Å². The molecule has 0 aliphatic carbocycles. The van der Waals surface area contributed by atoms with E-state index in [9.17, 15) is 19.4 Å². The summed E-state index contributed by atoms with van der Waals surface area (Å²) in [6.45, 7) is 4.23. The molecule has 0 radical (unpaired) electrons. The van der Waals surface area contributed by atoms with Crippen molar-refractivity contribution in [2.45, 2.75) is 231 Å². The number of phosphoric ester groups is 1. The van der Waals surface area contributed by atoms with Crippen molar-refractivity contribution in [1.29, 1.82) is 0 Å². The van der Waals surface area contributed by atoms with Crippen LogP contribution >= 0.6 is 7.82 Å². The minimum Gasteiger partial charge on any atom is -0.391 e. The lowest BCUT2D eigenvalue weighted by molar-refractivity contribution is -0.123. The highest BCUT2D eigenvalue weighted by Gasteiger charge is 2.27. The third kappa shape index (κ3) is 35.7. The summed E-state index contributed by atoms with van der Waals surface area (Å²) in [7, 11) is -4.30. The molecule has 0 aromatic rings. The second-order valence-corrected chi connectivity index (χ2v) is 16.0. The molecule has 0 saturated carbocycles. The first-order chi connectivity index (χ1) is 23.9. The van der Waals surface area contributed by atoms with E-state index in [1.54, 1.807) is 0 Å². The molecule has 9 heteroatoms. The van der Waals surface area contributed by atoms with Crippen LogP contribution < -0.4 is 11.1 Å². The van der Waals surface area contributed by atoms with E-state index < -0.39 is 20.0 Å². The maximum Gasteiger partial charge on any atom is 0.472 e. The summed E-state index contributed by atoms with van der Waals surface area (Å²) in [5, 5.41) is 13.8. The van der Waals surface area contributed by atoms with Crippen molar-refractivity contribution in [2.24, 2.45) is 5.73 Å². The fourth-order valence-electron chi connectivity index (χ4n) is 6.49. The predicted octanol–water partition coefficient (Wildman–Crippen LogP) is 11.4. The van der Waals surface area contributed by atoms with Gasteiger partial charge in [0.1, 0.15) is 0 Å². The Bertz CT molecular complexity index is 744. The summed E-state index contributed by atoms with van der Waals surface area (Å²) in [5.74, 6) is -0.159. The van der Waals surface area contributed by atoms with Gasteiger partial charge in [-0.25, -0.2) is 4.57 Å². The maximum absolute atomic E-state index is 12.7. The Kier molecular flexibility index (Phi) is 36.9. The van der Waals surface area contributed by atoms with Crippen LogP contribution in [0.25, 0.3) is 0 Å². The largest absolute Gasteiger partial charge is 0.472 e. The lowest BCUT2D eigenvalue weighted by Crippen LogP contribution is -2.46. The number of carbonyl (C=O) groups excluding carboxylic acids is 1. The standard InChI is InChI=1S/C40H83N2O6P/c1-3-5-7-9-11-13-15-17-18-19-20-22-23-25-27-29-31-33-39(43)38(37-48-49(45,46)47-36-35-41)42-40(44)34-32-30-28-26-24-21-16-14-12-10-8-6-4-2/h38-39,43H,3-37,41H2,1-2H3,(H,42,44)(H,45,46). The van der Waals surface area contributed by atoms with Crippen LogP contribution in [0.5, 0.6) is 0 Å². The maximum atomic E-state index is 12.7. The van der Waals surface area contributed by atoms with Crippen molar-refractivity contribution < 1.29 is 28.4 Å². The van der Waals surface area contributed by atoms with Gasteiger partial charge in [0, 0.05) is 13.0 Å². The fraction of sp³-hybridized carbons (Fsp3) is 0.975. The van der Waals surface area contributed by atoms with Crippen LogP contribution in [0.4, 0.5) is 0 Å². The number of aliphatic hydroxyl groups is 1. The van der Waals surface area contributed by atoms with Gasteiger partial charge < -0.3 is 21.1 Å². The van der Waals surface area contributed by atoms with Gasteiger partial charge in [-0.3, -0.25) is 13.8 Å². The van der Waals surface area contributed by atoms with Crippen LogP contribution in [0.15, 0.2) is 0 Å². The summed E-state index contributed by atoms with van der Waals surface area (Å²) in [5.41, 5.74) is 5.37. The minimum absolute atomic E-state index is 0.0924. The van der Waals surface area contributed by atoms with Crippen LogP contribution in [0.3, 0.4) is 0 Å². The van der Waals surface area contributed by atoms with Crippen molar-refractivity contribution in [3.8, 4) is 0 Å². The Balaban J connectivity index is 4.14. The molecule has 0 bridgehead atoms. The monoisotopic (exact) mass is 719 g/mol. The van der Waals surface area contributed by atoms with Gasteiger partial charge in [-0.1, -0.05) is 200 Å². The molecule has 5 N–H and O–H groups in total. The first kappa shape index (κ1) is 48.5. The minimum atomic E-state index is -4.30. The number of unbranched alkanes of at least 4 members (excludes halogenated alkanes) is 28. The van der Waals surface area contributed by atoms with Gasteiger partial charge in [0.05, 0.1) is 25.4 Å². The smallest absolute Gasteiger partial charge is 0.391 e. The molecule has 0 aliphatic heterocycles. The number of hydrogen-bond acceptors (Lipinski definition) is 6. The molecule has 294 valence electrons. The molecule has 0 saturated heterocycles. The Morgan fingerprint density at radius 3 is 1.31 bits per heavy atom. The number of rotatable bonds is 40. The van der Waals surface area contributed by atoms with E-state index in [4.69, 9.17) is 14.8 Å². The predicted molar refractivity (Wildman–Crippen MR) is 208 cm³/mol. The number of amides is 1.